The molecule has 6 heteroatoms. The maximum atomic E-state index is 11.7. The van der Waals surface area contributed by atoms with E-state index in [0.717, 1.165) is 10.7 Å². The van der Waals surface area contributed by atoms with E-state index in [1.54, 1.807) is 16.4 Å². The highest BCUT2D eigenvalue weighted by Gasteiger charge is 2.25. The van der Waals surface area contributed by atoms with E-state index in [9.17, 15) is 4.79 Å². The Morgan fingerprint density at radius 2 is 2.47 bits per heavy atom. The molecule has 0 bridgehead atoms. The van der Waals surface area contributed by atoms with Gasteiger partial charge in [-0.15, -0.1) is 11.3 Å². The van der Waals surface area contributed by atoms with Gasteiger partial charge in [0.1, 0.15) is 11.5 Å². The fourth-order valence-electron chi connectivity index (χ4n) is 1.66. The molecule has 17 heavy (non-hydrogen) atoms. The number of nitrogens with one attached hydrogen (secondary N) is 1. The Kier molecular flexibility index (Phi) is 2.64. The van der Waals surface area contributed by atoms with Gasteiger partial charge in [0.05, 0.1) is 17.4 Å². The summed E-state index contributed by atoms with van der Waals surface area (Å²) in [5.74, 6) is 0.556. The number of nitrogens with zero attached hydrogens (tertiary/aromatic N) is 3. The molecule has 2 aromatic rings. The second kappa shape index (κ2) is 4.29. The van der Waals surface area contributed by atoms with Crippen LogP contribution in [0.3, 0.4) is 0 Å². The number of thiazole rings is 1. The second-order valence-electron chi connectivity index (χ2n) is 4.13. The third-order valence-electron chi connectivity index (χ3n) is 2.66. The first kappa shape index (κ1) is 10.5. The Morgan fingerprint density at radius 1 is 1.59 bits per heavy atom. The maximum Gasteiger partial charge on any atom is 0.246 e. The molecule has 2 heterocycles. The molecule has 0 aliphatic heterocycles. The Labute approximate surface area is 102 Å². The molecule has 1 fully saturated rings. The number of carbonyl (C=O) groups excluding carboxylic acids is 1. The number of aromatic nitrogens is 3. The van der Waals surface area contributed by atoms with Gasteiger partial charge in [-0.25, -0.2) is 0 Å². The lowest BCUT2D eigenvalue weighted by Crippen LogP contribution is -2.18. The zero-order chi connectivity index (χ0) is 11.7. The predicted octanol–water partition coefficient (Wildman–Crippen LogP) is 1.86. The highest BCUT2D eigenvalue weighted by atomic mass is 32.1. The molecule has 5 nitrogen and oxygen atoms in total. The van der Waals surface area contributed by atoms with Gasteiger partial charge >= 0.3 is 0 Å². The van der Waals surface area contributed by atoms with Crippen molar-refractivity contribution in [1.82, 2.24) is 14.8 Å². The van der Waals surface area contributed by atoms with Crippen LogP contribution >= 0.6 is 11.3 Å². The first-order chi connectivity index (χ1) is 8.31. The average Bonchev–Trinajstić information content (AvgIpc) is 2.84. The predicted molar refractivity (Wildman–Crippen MR) is 64.9 cm³/mol. The van der Waals surface area contributed by atoms with Crippen LogP contribution in [-0.4, -0.2) is 20.7 Å². The Bertz CT molecular complexity index is 515. The van der Waals surface area contributed by atoms with E-state index < -0.39 is 0 Å². The van der Waals surface area contributed by atoms with Crippen molar-refractivity contribution in [3.05, 3.63) is 29.7 Å². The molecule has 2 aromatic heterocycles. The van der Waals surface area contributed by atoms with Gasteiger partial charge in [0.15, 0.2) is 0 Å². The molecule has 1 N–H and O–H groups in total. The minimum atomic E-state index is -0.0697. The summed E-state index contributed by atoms with van der Waals surface area (Å²) in [4.78, 5) is 15.6. The number of amides is 1. The molecule has 0 saturated heterocycles. The quantitative estimate of drug-likeness (QED) is 0.898. The van der Waals surface area contributed by atoms with E-state index in [2.05, 4.69) is 15.4 Å². The minimum absolute atomic E-state index is 0.0697. The van der Waals surface area contributed by atoms with Gasteiger partial charge in [-0.05, 0) is 18.9 Å². The van der Waals surface area contributed by atoms with Crippen LogP contribution in [0.1, 0.15) is 24.5 Å². The van der Waals surface area contributed by atoms with E-state index in [0.29, 0.717) is 5.92 Å². The monoisotopic (exact) mass is 248 g/mol. The van der Waals surface area contributed by atoms with Crippen LogP contribution < -0.4 is 5.32 Å². The lowest BCUT2D eigenvalue weighted by atomic mass is 10.3. The second-order valence-corrected chi connectivity index (χ2v) is 5.01. The van der Waals surface area contributed by atoms with Crippen molar-refractivity contribution in [3.8, 4) is 0 Å². The van der Waals surface area contributed by atoms with Crippen molar-refractivity contribution in [2.75, 3.05) is 5.32 Å². The van der Waals surface area contributed by atoms with Gasteiger partial charge in [0.2, 0.25) is 5.91 Å². The smallest absolute Gasteiger partial charge is 0.246 e. The van der Waals surface area contributed by atoms with Crippen LogP contribution in [0.2, 0.25) is 0 Å². The van der Waals surface area contributed by atoms with Crippen molar-refractivity contribution < 1.29 is 4.79 Å². The molecule has 0 radical (unpaired) electrons. The number of carbonyl (C=O) groups is 1. The molecule has 0 aromatic carbocycles. The molecule has 1 aliphatic rings. The number of anilines is 1. The third-order valence-corrected chi connectivity index (χ3v) is 3.35. The van der Waals surface area contributed by atoms with Crippen LogP contribution in [0.25, 0.3) is 0 Å². The molecule has 0 spiro atoms. The molecule has 0 atom stereocenters. The molecular formula is C11H12N4OS. The van der Waals surface area contributed by atoms with Crippen LogP contribution in [-0.2, 0) is 11.3 Å². The summed E-state index contributed by atoms with van der Waals surface area (Å²) in [7, 11) is 0. The SMILES string of the molecule is O=C(Cn1ccc(C2CC2)n1)Nc1cncs1. The zero-order valence-electron chi connectivity index (χ0n) is 9.17. The first-order valence-electron chi connectivity index (χ1n) is 5.53. The van der Waals surface area contributed by atoms with Crippen LogP contribution in [0.15, 0.2) is 24.0 Å². The average molecular weight is 248 g/mol. The van der Waals surface area contributed by atoms with Crippen molar-refractivity contribution in [2.45, 2.75) is 25.3 Å². The van der Waals surface area contributed by atoms with Gasteiger partial charge in [-0.1, -0.05) is 0 Å². The minimum Gasteiger partial charge on any atom is -0.315 e. The Balaban J connectivity index is 1.59. The molecule has 88 valence electrons. The summed E-state index contributed by atoms with van der Waals surface area (Å²) < 4.78 is 1.68. The summed E-state index contributed by atoms with van der Waals surface area (Å²) in [5, 5.41) is 7.93. The zero-order valence-corrected chi connectivity index (χ0v) is 9.98. The third kappa shape index (κ3) is 2.52. The number of rotatable bonds is 4. The normalized spacial score (nSPS) is 14.8. The van der Waals surface area contributed by atoms with Gasteiger partial charge < -0.3 is 5.32 Å². The van der Waals surface area contributed by atoms with E-state index >= 15 is 0 Å². The Hall–Kier alpha value is -1.69. The Morgan fingerprint density at radius 3 is 3.18 bits per heavy atom. The largest absolute Gasteiger partial charge is 0.315 e. The summed E-state index contributed by atoms with van der Waals surface area (Å²) >= 11 is 1.41. The molecular weight excluding hydrogens is 236 g/mol. The summed E-state index contributed by atoms with van der Waals surface area (Å²) in [6.07, 6.45) is 5.95. The van der Waals surface area contributed by atoms with Crippen LogP contribution in [0.4, 0.5) is 5.00 Å². The van der Waals surface area contributed by atoms with E-state index in [4.69, 9.17) is 0 Å². The highest BCUT2D eigenvalue weighted by molar-refractivity contribution is 7.13. The summed E-state index contributed by atoms with van der Waals surface area (Å²) in [6, 6.07) is 2.00. The van der Waals surface area contributed by atoms with Gasteiger partial charge in [0.25, 0.3) is 0 Å². The van der Waals surface area contributed by atoms with Crippen molar-refractivity contribution in [3.63, 3.8) is 0 Å². The van der Waals surface area contributed by atoms with Gasteiger partial charge in [-0.3, -0.25) is 14.5 Å². The van der Waals surface area contributed by atoms with E-state index in [-0.39, 0.29) is 12.5 Å². The van der Waals surface area contributed by atoms with Crippen molar-refractivity contribution >= 4 is 22.2 Å². The lowest BCUT2D eigenvalue weighted by Gasteiger charge is -2.01. The number of hydrogen-bond acceptors (Lipinski definition) is 4. The lowest BCUT2D eigenvalue weighted by molar-refractivity contribution is -0.116. The maximum absolute atomic E-state index is 11.7. The fraction of sp³-hybridized carbons (Fsp3) is 0.364. The fourth-order valence-corrected chi connectivity index (χ4v) is 2.19. The van der Waals surface area contributed by atoms with Crippen LogP contribution in [0.5, 0.6) is 0 Å². The molecule has 1 amide bonds. The summed E-state index contributed by atoms with van der Waals surface area (Å²) in [5.41, 5.74) is 2.80. The van der Waals surface area contributed by atoms with Crippen molar-refractivity contribution in [1.29, 1.82) is 0 Å². The van der Waals surface area contributed by atoms with Crippen molar-refractivity contribution in [2.24, 2.45) is 0 Å². The summed E-state index contributed by atoms with van der Waals surface area (Å²) in [6.45, 7) is 0.255. The first-order valence-corrected chi connectivity index (χ1v) is 6.41. The molecule has 3 rings (SSSR count). The van der Waals surface area contributed by atoms with Gasteiger partial charge in [-0.2, -0.15) is 5.10 Å². The number of hydrogen-bond donors (Lipinski definition) is 1. The van der Waals surface area contributed by atoms with Crippen LogP contribution in [0, 0.1) is 0 Å². The molecule has 0 unspecified atom stereocenters. The van der Waals surface area contributed by atoms with E-state index in [1.165, 1.54) is 24.2 Å². The molecule has 1 saturated carbocycles. The standard InChI is InChI=1S/C11H12N4OS/c16-10(13-11-5-12-7-17-11)6-15-4-3-9(14-15)8-1-2-8/h3-5,7-8H,1-2,6H2,(H,13,16). The molecule has 1 aliphatic carbocycles. The topological polar surface area (TPSA) is 59.8 Å². The van der Waals surface area contributed by atoms with E-state index in [1.807, 2.05) is 12.3 Å². The van der Waals surface area contributed by atoms with Gasteiger partial charge in [0, 0.05) is 12.1 Å². The highest BCUT2D eigenvalue weighted by Crippen LogP contribution is 2.38.